The molecule has 0 saturated heterocycles. The minimum atomic E-state index is 0.0769. The summed E-state index contributed by atoms with van der Waals surface area (Å²) in [5.41, 5.74) is 8.50. The van der Waals surface area contributed by atoms with E-state index in [4.69, 9.17) is 10.5 Å². The fourth-order valence-corrected chi connectivity index (χ4v) is 3.00. The summed E-state index contributed by atoms with van der Waals surface area (Å²) in [4.78, 5) is 5.59. The highest BCUT2D eigenvalue weighted by Gasteiger charge is 2.09. The molecule has 0 amide bonds. The number of aromatic nitrogens is 2. The van der Waals surface area contributed by atoms with Crippen LogP contribution >= 0.6 is 11.3 Å². The Kier molecular flexibility index (Phi) is 3.71. The summed E-state index contributed by atoms with van der Waals surface area (Å²) >= 11 is 1.64. The predicted octanol–water partition coefficient (Wildman–Crippen LogP) is 2.52. The number of nitrogens with zero attached hydrogens (tertiary/aromatic N) is 2. The van der Waals surface area contributed by atoms with Gasteiger partial charge in [0.15, 0.2) is 4.96 Å². The van der Waals surface area contributed by atoms with E-state index < -0.39 is 0 Å². The van der Waals surface area contributed by atoms with Crippen LogP contribution in [0.1, 0.15) is 11.3 Å². The third-order valence-corrected chi connectivity index (χ3v) is 4.04. The van der Waals surface area contributed by atoms with Crippen LogP contribution in [0.15, 0.2) is 42.0 Å². The number of ether oxygens (including phenoxy) is 1. The SMILES string of the molecule is COc1ccc(CC(N)Cc2cn3ccsc3n2)cc1. The lowest BCUT2D eigenvalue weighted by molar-refractivity contribution is 0.414. The summed E-state index contributed by atoms with van der Waals surface area (Å²) in [6.45, 7) is 0. The van der Waals surface area contributed by atoms with E-state index in [1.807, 2.05) is 28.1 Å². The average molecular weight is 287 g/mol. The number of hydrogen-bond donors (Lipinski definition) is 1. The topological polar surface area (TPSA) is 52.5 Å². The van der Waals surface area contributed by atoms with Crippen LogP contribution in [-0.4, -0.2) is 22.5 Å². The number of imidazole rings is 1. The van der Waals surface area contributed by atoms with E-state index in [1.165, 1.54) is 5.56 Å². The zero-order chi connectivity index (χ0) is 13.9. The van der Waals surface area contributed by atoms with E-state index >= 15 is 0 Å². The first kappa shape index (κ1) is 13.1. The Labute approximate surface area is 121 Å². The molecule has 4 nitrogen and oxygen atoms in total. The molecule has 1 atom stereocenters. The van der Waals surface area contributed by atoms with Gasteiger partial charge < -0.3 is 10.5 Å². The zero-order valence-electron chi connectivity index (χ0n) is 11.3. The Morgan fingerprint density at radius 1 is 1.30 bits per heavy atom. The summed E-state index contributed by atoms with van der Waals surface area (Å²) < 4.78 is 7.19. The van der Waals surface area contributed by atoms with Gasteiger partial charge in [-0.3, -0.25) is 4.40 Å². The second-order valence-electron chi connectivity index (χ2n) is 4.84. The second-order valence-corrected chi connectivity index (χ2v) is 5.71. The highest BCUT2D eigenvalue weighted by Crippen LogP contribution is 2.15. The van der Waals surface area contributed by atoms with Crippen molar-refractivity contribution in [1.82, 2.24) is 9.38 Å². The molecule has 0 bridgehead atoms. The maximum absolute atomic E-state index is 6.22. The van der Waals surface area contributed by atoms with Crippen LogP contribution in [-0.2, 0) is 12.8 Å². The zero-order valence-corrected chi connectivity index (χ0v) is 12.1. The van der Waals surface area contributed by atoms with E-state index in [1.54, 1.807) is 18.4 Å². The van der Waals surface area contributed by atoms with Gasteiger partial charge in [-0.1, -0.05) is 12.1 Å². The molecule has 0 saturated carbocycles. The van der Waals surface area contributed by atoms with Crippen LogP contribution in [0.25, 0.3) is 4.96 Å². The Bertz CT molecular complexity index is 658. The smallest absolute Gasteiger partial charge is 0.193 e. The van der Waals surface area contributed by atoms with E-state index in [0.29, 0.717) is 0 Å². The quantitative estimate of drug-likeness (QED) is 0.784. The van der Waals surface area contributed by atoms with Gasteiger partial charge in [0.2, 0.25) is 0 Å². The summed E-state index contributed by atoms with van der Waals surface area (Å²) in [7, 11) is 1.67. The molecule has 5 heteroatoms. The summed E-state index contributed by atoms with van der Waals surface area (Å²) in [5.74, 6) is 0.872. The molecule has 0 aliphatic heterocycles. The average Bonchev–Trinajstić information content (AvgIpc) is 3.00. The Morgan fingerprint density at radius 3 is 2.80 bits per heavy atom. The van der Waals surface area contributed by atoms with Crippen LogP contribution in [0.5, 0.6) is 5.75 Å². The number of fused-ring (bicyclic) bond motifs is 1. The molecule has 2 N–H and O–H groups in total. The monoisotopic (exact) mass is 287 g/mol. The van der Waals surface area contributed by atoms with Crippen LogP contribution in [0.3, 0.4) is 0 Å². The molecule has 104 valence electrons. The van der Waals surface area contributed by atoms with Crippen molar-refractivity contribution in [2.75, 3.05) is 7.11 Å². The maximum atomic E-state index is 6.22. The van der Waals surface area contributed by atoms with Crippen molar-refractivity contribution in [2.45, 2.75) is 18.9 Å². The van der Waals surface area contributed by atoms with Crippen LogP contribution in [0.2, 0.25) is 0 Å². The van der Waals surface area contributed by atoms with Crippen molar-refractivity contribution in [3.63, 3.8) is 0 Å². The molecule has 3 rings (SSSR count). The molecular weight excluding hydrogens is 270 g/mol. The third-order valence-electron chi connectivity index (χ3n) is 3.27. The number of nitrogens with two attached hydrogens (primary N) is 1. The molecule has 1 aromatic carbocycles. The molecule has 0 radical (unpaired) electrons. The lowest BCUT2D eigenvalue weighted by Gasteiger charge is -2.10. The van der Waals surface area contributed by atoms with Gasteiger partial charge in [-0.25, -0.2) is 4.98 Å². The number of benzene rings is 1. The Hall–Kier alpha value is -1.85. The number of thiazole rings is 1. The van der Waals surface area contributed by atoms with E-state index in [2.05, 4.69) is 23.3 Å². The fourth-order valence-electron chi connectivity index (χ4n) is 2.28. The first-order chi connectivity index (χ1) is 9.74. The number of rotatable bonds is 5. The molecule has 3 aromatic rings. The molecule has 20 heavy (non-hydrogen) atoms. The fraction of sp³-hybridized carbons (Fsp3) is 0.267. The van der Waals surface area contributed by atoms with Gasteiger partial charge in [0, 0.05) is 30.2 Å². The molecule has 2 heterocycles. The van der Waals surface area contributed by atoms with E-state index in [-0.39, 0.29) is 6.04 Å². The molecule has 0 fully saturated rings. The van der Waals surface area contributed by atoms with Gasteiger partial charge in [-0.15, -0.1) is 11.3 Å². The summed E-state index contributed by atoms with van der Waals surface area (Å²) in [6, 6.07) is 8.13. The van der Waals surface area contributed by atoms with E-state index in [9.17, 15) is 0 Å². The summed E-state index contributed by atoms with van der Waals surface area (Å²) in [5, 5.41) is 2.03. The van der Waals surface area contributed by atoms with Gasteiger partial charge >= 0.3 is 0 Å². The van der Waals surface area contributed by atoms with Crippen molar-refractivity contribution in [3.8, 4) is 5.75 Å². The Morgan fingerprint density at radius 2 is 2.10 bits per heavy atom. The largest absolute Gasteiger partial charge is 0.497 e. The minimum Gasteiger partial charge on any atom is -0.497 e. The van der Waals surface area contributed by atoms with Gasteiger partial charge in [0.25, 0.3) is 0 Å². The van der Waals surface area contributed by atoms with Crippen molar-refractivity contribution < 1.29 is 4.74 Å². The molecule has 1 unspecified atom stereocenters. The molecular formula is C15H17N3OS. The van der Waals surface area contributed by atoms with Crippen molar-refractivity contribution in [1.29, 1.82) is 0 Å². The normalized spacial score (nSPS) is 12.7. The summed E-state index contributed by atoms with van der Waals surface area (Å²) in [6.07, 6.45) is 5.71. The highest BCUT2D eigenvalue weighted by atomic mass is 32.1. The van der Waals surface area contributed by atoms with Gasteiger partial charge in [0.05, 0.1) is 12.8 Å². The van der Waals surface area contributed by atoms with Crippen molar-refractivity contribution in [3.05, 3.63) is 53.3 Å². The molecule has 0 aliphatic carbocycles. The van der Waals surface area contributed by atoms with Crippen LogP contribution in [0, 0.1) is 0 Å². The highest BCUT2D eigenvalue weighted by molar-refractivity contribution is 7.15. The van der Waals surface area contributed by atoms with Crippen LogP contribution < -0.4 is 10.5 Å². The molecule has 0 spiro atoms. The number of hydrogen-bond acceptors (Lipinski definition) is 4. The maximum Gasteiger partial charge on any atom is 0.193 e. The number of methoxy groups -OCH3 is 1. The van der Waals surface area contributed by atoms with Gasteiger partial charge in [-0.2, -0.15) is 0 Å². The standard InChI is InChI=1S/C15H17N3OS/c1-19-14-4-2-11(3-5-14)8-12(16)9-13-10-18-6-7-20-15(18)17-13/h2-7,10,12H,8-9,16H2,1H3. The lowest BCUT2D eigenvalue weighted by atomic mass is 10.0. The Balaban J connectivity index is 1.63. The first-order valence-electron chi connectivity index (χ1n) is 6.54. The van der Waals surface area contributed by atoms with Gasteiger partial charge in [0.1, 0.15) is 5.75 Å². The minimum absolute atomic E-state index is 0.0769. The predicted molar refractivity (Wildman–Crippen MR) is 81.4 cm³/mol. The first-order valence-corrected chi connectivity index (χ1v) is 7.42. The second kappa shape index (κ2) is 5.64. The lowest BCUT2D eigenvalue weighted by Crippen LogP contribution is -2.25. The third kappa shape index (κ3) is 2.84. The van der Waals surface area contributed by atoms with E-state index in [0.717, 1.165) is 29.2 Å². The molecule has 0 aliphatic rings. The molecule has 2 aromatic heterocycles. The van der Waals surface area contributed by atoms with Gasteiger partial charge in [-0.05, 0) is 24.1 Å². The van der Waals surface area contributed by atoms with Crippen molar-refractivity contribution >= 4 is 16.3 Å². The van der Waals surface area contributed by atoms with Crippen molar-refractivity contribution in [2.24, 2.45) is 5.73 Å². The van der Waals surface area contributed by atoms with Crippen LogP contribution in [0.4, 0.5) is 0 Å².